The van der Waals surface area contributed by atoms with Crippen molar-refractivity contribution in [1.82, 2.24) is 4.90 Å². The van der Waals surface area contributed by atoms with E-state index in [9.17, 15) is 9.59 Å². The van der Waals surface area contributed by atoms with Crippen LogP contribution in [0.1, 0.15) is 34.6 Å². The highest BCUT2D eigenvalue weighted by molar-refractivity contribution is 6.03. The summed E-state index contributed by atoms with van der Waals surface area (Å²) in [7, 11) is 0. The van der Waals surface area contributed by atoms with Crippen molar-refractivity contribution in [2.75, 3.05) is 13.1 Å². The van der Waals surface area contributed by atoms with Gasteiger partial charge in [-0.05, 0) is 32.0 Å². The molecule has 0 unspecified atom stereocenters. The normalized spacial score (nSPS) is 10.1. The average molecular weight is 297 g/mol. The third-order valence-electron chi connectivity index (χ3n) is 3.42. The minimum Gasteiger partial charge on any atom is -0.457 e. The fraction of sp³-hybridized carbons (Fsp3) is 0.222. The molecule has 4 nitrogen and oxygen atoms in total. The molecule has 2 aromatic rings. The molecule has 1 amide bonds. The second kappa shape index (κ2) is 7.41. The molecule has 2 rings (SSSR count). The second-order valence-corrected chi connectivity index (χ2v) is 4.73. The molecule has 0 aromatic heterocycles. The molecule has 0 spiro atoms. The van der Waals surface area contributed by atoms with Crippen LogP contribution in [0, 0.1) is 0 Å². The van der Waals surface area contributed by atoms with Crippen molar-refractivity contribution < 1.29 is 14.3 Å². The number of amides is 1. The van der Waals surface area contributed by atoms with Crippen LogP contribution in [0.3, 0.4) is 0 Å². The second-order valence-electron chi connectivity index (χ2n) is 4.73. The van der Waals surface area contributed by atoms with E-state index < -0.39 is 0 Å². The van der Waals surface area contributed by atoms with Crippen LogP contribution in [-0.4, -0.2) is 30.2 Å². The maximum atomic E-state index is 12.7. The van der Waals surface area contributed by atoms with E-state index in [1.54, 1.807) is 35.2 Å². The number of para-hydroxylation sites is 1. The highest BCUT2D eigenvalue weighted by atomic mass is 16.5. The van der Waals surface area contributed by atoms with E-state index in [2.05, 4.69) is 0 Å². The predicted molar refractivity (Wildman–Crippen MR) is 85.6 cm³/mol. The Morgan fingerprint density at radius 3 is 2.32 bits per heavy atom. The highest BCUT2D eigenvalue weighted by Gasteiger charge is 2.21. The van der Waals surface area contributed by atoms with Gasteiger partial charge in [0.1, 0.15) is 11.5 Å². The molecule has 0 fully saturated rings. The molecule has 114 valence electrons. The van der Waals surface area contributed by atoms with Crippen molar-refractivity contribution in [3.05, 3.63) is 59.7 Å². The lowest BCUT2D eigenvalue weighted by atomic mass is 10.1. The van der Waals surface area contributed by atoms with Crippen molar-refractivity contribution in [3.63, 3.8) is 0 Å². The molecule has 0 atom stereocenters. The van der Waals surface area contributed by atoms with Gasteiger partial charge in [0.15, 0.2) is 6.29 Å². The maximum Gasteiger partial charge on any atom is 0.258 e. The zero-order valence-electron chi connectivity index (χ0n) is 12.8. The van der Waals surface area contributed by atoms with E-state index in [-0.39, 0.29) is 5.91 Å². The zero-order chi connectivity index (χ0) is 15.9. The number of aldehydes is 1. The van der Waals surface area contributed by atoms with Gasteiger partial charge >= 0.3 is 0 Å². The Labute approximate surface area is 130 Å². The maximum absolute atomic E-state index is 12.7. The lowest BCUT2D eigenvalue weighted by Crippen LogP contribution is -2.31. The first-order valence-corrected chi connectivity index (χ1v) is 7.31. The Bertz CT molecular complexity index is 649. The number of rotatable bonds is 6. The first-order chi connectivity index (χ1) is 10.7. The number of hydrogen-bond donors (Lipinski definition) is 0. The molecule has 0 saturated carbocycles. The number of carbonyl (C=O) groups excluding carboxylic acids is 2. The van der Waals surface area contributed by atoms with Crippen LogP contribution in [-0.2, 0) is 0 Å². The van der Waals surface area contributed by atoms with Crippen LogP contribution in [0.15, 0.2) is 48.5 Å². The van der Waals surface area contributed by atoms with E-state index in [1.807, 2.05) is 32.0 Å². The molecule has 0 N–H and O–H groups in total. The molecule has 22 heavy (non-hydrogen) atoms. The van der Waals surface area contributed by atoms with Crippen LogP contribution in [0.4, 0.5) is 0 Å². The predicted octanol–water partition coefficient (Wildman–Crippen LogP) is 3.77. The lowest BCUT2D eigenvalue weighted by molar-refractivity contribution is 0.0767. The van der Waals surface area contributed by atoms with Gasteiger partial charge in [-0.3, -0.25) is 9.59 Å². The summed E-state index contributed by atoms with van der Waals surface area (Å²) in [6, 6.07) is 14.2. The average Bonchev–Trinajstić information content (AvgIpc) is 2.56. The van der Waals surface area contributed by atoms with Crippen LogP contribution in [0.2, 0.25) is 0 Å². The monoisotopic (exact) mass is 297 g/mol. The first kappa shape index (κ1) is 15.8. The van der Waals surface area contributed by atoms with Gasteiger partial charge in [-0.15, -0.1) is 0 Å². The van der Waals surface area contributed by atoms with Gasteiger partial charge in [0.2, 0.25) is 0 Å². The minimum absolute atomic E-state index is 0.196. The van der Waals surface area contributed by atoms with Crippen molar-refractivity contribution in [1.29, 1.82) is 0 Å². The van der Waals surface area contributed by atoms with Gasteiger partial charge in [-0.25, -0.2) is 0 Å². The van der Waals surface area contributed by atoms with Crippen molar-refractivity contribution >= 4 is 12.2 Å². The molecule has 0 aliphatic heterocycles. The Morgan fingerprint density at radius 2 is 1.73 bits per heavy atom. The summed E-state index contributed by atoms with van der Waals surface area (Å²) in [5, 5.41) is 0. The van der Waals surface area contributed by atoms with Crippen LogP contribution >= 0.6 is 0 Å². The summed E-state index contributed by atoms with van der Waals surface area (Å²) in [4.78, 5) is 25.7. The van der Waals surface area contributed by atoms with Crippen LogP contribution in [0.5, 0.6) is 11.5 Å². The van der Waals surface area contributed by atoms with Crippen molar-refractivity contribution in [3.8, 4) is 11.5 Å². The molecule has 2 aromatic carbocycles. The Kier molecular flexibility index (Phi) is 5.31. The van der Waals surface area contributed by atoms with E-state index in [1.165, 1.54) is 0 Å². The molecule has 0 heterocycles. The van der Waals surface area contributed by atoms with Gasteiger partial charge in [0, 0.05) is 18.7 Å². The molecule has 0 aliphatic rings. The summed E-state index contributed by atoms with van der Waals surface area (Å²) in [6.45, 7) is 4.96. The Hall–Kier alpha value is -2.62. The van der Waals surface area contributed by atoms with Gasteiger partial charge in [0.25, 0.3) is 5.91 Å². The quantitative estimate of drug-likeness (QED) is 0.762. The number of ether oxygens (including phenoxy) is 1. The lowest BCUT2D eigenvalue weighted by Gasteiger charge is -2.21. The van der Waals surface area contributed by atoms with E-state index in [0.29, 0.717) is 42.0 Å². The molecular weight excluding hydrogens is 278 g/mol. The molecule has 0 bridgehead atoms. The standard InChI is InChI=1S/C18H19NO3/c1-3-19(4-2)18(21)17-14(13-20)9-8-12-16(17)22-15-10-6-5-7-11-15/h5-13H,3-4H2,1-2H3. The fourth-order valence-corrected chi connectivity index (χ4v) is 2.24. The summed E-state index contributed by atoms with van der Waals surface area (Å²) in [5.74, 6) is 0.825. The highest BCUT2D eigenvalue weighted by Crippen LogP contribution is 2.28. The topological polar surface area (TPSA) is 46.6 Å². The summed E-state index contributed by atoms with van der Waals surface area (Å²) >= 11 is 0. The van der Waals surface area contributed by atoms with Crippen molar-refractivity contribution in [2.45, 2.75) is 13.8 Å². The van der Waals surface area contributed by atoms with Gasteiger partial charge in [0.05, 0.1) is 5.56 Å². The Balaban J connectivity index is 2.46. The van der Waals surface area contributed by atoms with E-state index >= 15 is 0 Å². The van der Waals surface area contributed by atoms with E-state index in [0.717, 1.165) is 0 Å². The van der Waals surface area contributed by atoms with Crippen molar-refractivity contribution in [2.24, 2.45) is 0 Å². The van der Waals surface area contributed by atoms with Crippen LogP contribution < -0.4 is 4.74 Å². The van der Waals surface area contributed by atoms with Gasteiger partial charge < -0.3 is 9.64 Å². The Morgan fingerprint density at radius 1 is 1.05 bits per heavy atom. The third-order valence-corrected chi connectivity index (χ3v) is 3.42. The fourth-order valence-electron chi connectivity index (χ4n) is 2.24. The zero-order valence-corrected chi connectivity index (χ0v) is 12.8. The van der Waals surface area contributed by atoms with Gasteiger partial charge in [-0.2, -0.15) is 0 Å². The van der Waals surface area contributed by atoms with Gasteiger partial charge in [-0.1, -0.05) is 30.3 Å². The van der Waals surface area contributed by atoms with E-state index in [4.69, 9.17) is 4.74 Å². The number of benzene rings is 2. The largest absolute Gasteiger partial charge is 0.457 e. The first-order valence-electron chi connectivity index (χ1n) is 7.31. The van der Waals surface area contributed by atoms with Crippen LogP contribution in [0.25, 0.3) is 0 Å². The molecule has 0 radical (unpaired) electrons. The summed E-state index contributed by atoms with van der Waals surface area (Å²) in [5.41, 5.74) is 0.649. The summed E-state index contributed by atoms with van der Waals surface area (Å²) in [6.07, 6.45) is 0.689. The smallest absolute Gasteiger partial charge is 0.258 e. The SMILES string of the molecule is CCN(CC)C(=O)c1c(C=O)cccc1Oc1ccccc1. The molecular formula is C18H19NO3. The third kappa shape index (κ3) is 3.34. The number of nitrogens with zero attached hydrogens (tertiary/aromatic N) is 1. The molecule has 0 aliphatic carbocycles. The number of carbonyl (C=O) groups is 2. The molecule has 4 heteroatoms. The minimum atomic E-state index is -0.196. The number of hydrogen-bond acceptors (Lipinski definition) is 3. The summed E-state index contributed by atoms with van der Waals surface area (Å²) < 4.78 is 5.81. The molecule has 0 saturated heterocycles.